The van der Waals surface area contributed by atoms with Crippen LogP contribution in [0.2, 0.25) is 0 Å². The van der Waals surface area contributed by atoms with Gasteiger partial charge in [0.1, 0.15) is 6.61 Å². The standard InChI is InChI=1S/C6H12N2O4/c1-6(10)12-5-3-8(7-11)2-4-9/h9H,2-5H2,1H3. The highest BCUT2D eigenvalue weighted by molar-refractivity contribution is 5.65. The fourth-order valence-electron chi connectivity index (χ4n) is 0.604. The molecule has 0 amide bonds. The first kappa shape index (κ1) is 10.8. The van der Waals surface area contributed by atoms with E-state index >= 15 is 0 Å². The molecule has 0 aromatic heterocycles. The second-order valence-electron chi connectivity index (χ2n) is 2.10. The van der Waals surface area contributed by atoms with E-state index < -0.39 is 5.97 Å². The monoisotopic (exact) mass is 176 g/mol. The van der Waals surface area contributed by atoms with Gasteiger partial charge < -0.3 is 9.84 Å². The van der Waals surface area contributed by atoms with Crippen molar-refractivity contribution in [1.29, 1.82) is 0 Å². The number of hydrogen-bond acceptors (Lipinski definition) is 5. The van der Waals surface area contributed by atoms with Crippen LogP contribution < -0.4 is 0 Å². The molecule has 0 saturated heterocycles. The maximum atomic E-state index is 10.3. The van der Waals surface area contributed by atoms with Crippen molar-refractivity contribution in [3.63, 3.8) is 0 Å². The molecule has 12 heavy (non-hydrogen) atoms. The molecule has 0 saturated carbocycles. The first-order valence-corrected chi connectivity index (χ1v) is 3.53. The number of carbonyl (C=O) groups is 1. The fraction of sp³-hybridized carbons (Fsp3) is 0.833. The van der Waals surface area contributed by atoms with Gasteiger partial charge in [0.15, 0.2) is 0 Å². The molecule has 6 nitrogen and oxygen atoms in total. The van der Waals surface area contributed by atoms with Gasteiger partial charge in [0, 0.05) is 6.92 Å². The van der Waals surface area contributed by atoms with Crippen molar-refractivity contribution in [2.75, 3.05) is 26.3 Å². The van der Waals surface area contributed by atoms with E-state index in [0.29, 0.717) is 0 Å². The highest BCUT2D eigenvalue weighted by Gasteiger charge is 2.01. The fourth-order valence-corrected chi connectivity index (χ4v) is 0.604. The quantitative estimate of drug-likeness (QED) is 0.336. The molecular formula is C6H12N2O4. The van der Waals surface area contributed by atoms with Crippen LogP contribution in [0.1, 0.15) is 6.92 Å². The maximum absolute atomic E-state index is 10.3. The van der Waals surface area contributed by atoms with Gasteiger partial charge in [-0.2, -0.15) is 0 Å². The number of ether oxygens (including phenoxy) is 1. The smallest absolute Gasteiger partial charge is 0.302 e. The minimum atomic E-state index is -0.398. The molecule has 0 spiro atoms. The number of esters is 1. The number of carbonyl (C=O) groups excluding carboxylic acids is 1. The Hall–Kier alpha value is -1.17. The topological polar surface area (TPSA) is 79.2 Å². The van der Waals surface area contributed by atoms with Crippen molar-refractivity contribution < 1.29 is 14.6 Å². The largest absolute Gasteiger partial charge is 0.464 e. The minimum Gasteiger partial charge on any atom is -0.464 e. The van der Waals surface area contributed by atoms with Crippen molar-refractivity contribution in [2.24, 2.45) is 5.29 Å². The van der Waals surface area contributed by atoms with E-state index in [1.165, 1.54) is 6.92 Å². The number of nitroso groups, excluding NO2 is 1. The summed E-state index contributed by atoms with van der Waals surface area (Å²) in [6.45, 7) is 1.62. The Kier molecular flexibility index (Phi) is 5.90. The van der Waals surface area contributed by atoms with Gasteiger partial charge in [0.05, 0.1) is 25.0 Å². The molecule has 0 unspecified atom stereocenters. The number of hydrogen-bond donors (Lipinski definition) is 1. The number of nitrogens with zero attached hydrogens (tertiary/aromatic N) is 2. The second-order valence-corrected chi connectivity index (χ2v) is 2.10. The zero-order valence-electron chi connectivity index (χ0n) is 6.89. The van der Waals surface area contributed by atoms with E-state index in [1.807, 2.05) is 0 Å². The molecule has 0 rings (SSSR count). The first-order chi connectivity index (χ1) is 5.70. The number of aliphatic hydroxyl groups excluding tert-OH is 1. The Bertz CT molecular complexity index is 150. The van der Waals surface area contributed by atoms with Gasteiger partial charge in [-0.1, -0.05) is 0 Å². The zero-order chi connectivity index (χ0) is 9.40. The molecule has 0 radical (unpaired) electrons. The Morgan fingerprint density at radius 3 is 2.67 bits per heavy atom. The first-order valence-electron chi connectivity index (χ1n) is 3.53. The summed E-state index contributed by atoms with van der Waals surface area (Å²) in [6, 6.07) is 0. The molecule has 6 heteroatoms. The van der Waals surface area contributed by atoms with Crippen molar-refractivity contribution in [2.45, 2.75) is 6.92 Å². The molecule has 0 aliphatic heterocycles. The summed E-state index contributed by atoms with van der Waals surface area (Å²) in [6.07, 6.45) is 0. The van der Waals surface area contributed by atoms with Crippen LogP contribution >= 0.6 is 0 Å². The molecule has 0 fully saturated rings. The van der Waals surface area contributed by atoms with Crippen LogP contribution in [0.25, 0.3) is 0 Å². The second kappa shape index (κ2) is 6.53. The van der Waals surface area contributed by atoms with Crippen LogP contribution in [0.3, 0.4) is 0 Å². The normalized spacial score (nSPS) is 9.17. The van der Waals surface area contributed by atoms with E-state index in [4.69, 9.17) is 5.11 Å². The molecule has 0 heterocycles. The van der Waals surface area contributed by atoms with Gasteiger partial charge >= 0.3 is 5.97 Å². The van der Waals surface area contributed by atoms with E-state index in [1.54, 1.807) is 0 Å². The van der Waals surface area contributed by atoms with E-state index in [2.05, 4.69) is 10.0 Å². The summed E-state index contributed by atoms with van der Waals surface area (Å²) in [4.78, 5) is 20.3. The highest BCUT2D eigenvalue weighted by atomic mass is 16.5. The third kappa shape index (κ3) is 5.60. The molecule has 0 aromatic carbocycles. The third-order valence-corrected chi connectivity index (χ3v) is 1.13. The van der Waals surface area contributed by atoms with Gasteiger partial charge in [-0.3, -0.25) is 9.80 Å². The third-order valence-electron chi connectivity index (χ3n) is 1.13. The van der Waals surface area contributed by atoms with E-state index in [9.17, 15) is 9.70 Å². The summed E-state index contributed by atoms with van der Waals surface area (Å²) in [7, 11) is 0. The zero-order valence-corrected chi connectivity index (χ0v) is 6.89. The van der Waals surface area contributed by atoms with Gasteiger partial charge in [0.2, 0.25) is 0 Å². The summed E-state index contributed by atoms with van der Waals surface area (Å²) in [5.41, 5.74) is 0. The predicted molar refractivity (Wildman–Crippen MR) is 41.1 cm³/mol. The van der Waals surface area contributed by atoms with Crippen molar-refractivity contribution in [1.82, 2.24) is 5.01 Å². The lowest BCUT2D eigenvalue weighted by Crippen LogP contribution is -2.25. The molecule has 0 aromatic rings. The number of aliphatic hydroxyl groups is 1. The Balaban J connectivity index is 3.44. The van der Waals surface area contributed by atoms with Gasteiger partial charge in [0.25, 0.3) is 0 Å². The van der Waals surface area contributed by atoms with Gasteiger partial charge in [-0.25, -0.2) is 0 Å². The Morgan fingerprint density at radius 1 is 1.58 bits per heavy atom. The molecule has 1 N–H and O–H groups in total. The Labute approximate surface area is 70.1 Å². The van der Waals surface area contributed by atoms with Crippen LogP contribution in [-0.2, 0) is 9.53 Å². The summed E-state index contributed by atoms with van der Waals surface area (Å²) in [5, 5.41) is 12.1. The lowest BCUT2D eigenvalue weighted by molar-refractivity contribution is -0.141. The summed E-state index contributed by atoms with van der Waals surface area (Å²) < 4.78 is 4.56. The molecule has 0 atom stereocenters. The lowest BCUT2D eigenvalue weighted by atomic mass is 10.6. The molecule has 0 bridgehead atoms. The molecular weight excluding hydrogens is 164 g/mol. The van der Waals surface area contributed by atoms with E-state index in [-0.39, 0.29) is 26.3 Å². The SMILES string of the molecule is CC(=O)OCCN(CCO)N=O. The lowest BCUT2D eigenvalue weighted by Gasteiger charge is -2.12. The maximum Gasteiger partial charge on any atom is 0.302 e. The van der Waals surface area contributed by atoms with Crippen LogP contribution in [0.15, 0.2) is 5.29 Å². The highest BCUT2D eigenvalue weighted by Crippen LogP contribution is 1.88. The number of rotatable bonds is 6. The van der Waals surface area contributed by atoms with Crippen LogP contribution in [0, 0.1) is 4.91 Å². The molecule has 70 valence electrons. The van der Waals surface area contributed by atoms with Crippen LogP contribution in [0.4, 0.5) is 0 Å². The average molecular weight is 176 g/mol. The van der Waals surface area contributed by atoms with E-state index in [0.717, 1.165) is 5.01 Å². The van der Waals surface area contributed by atoms with Crippen molar-refractivity contribution >= 4 is 5.97 Å². The van der Waals surface area contributed by atoms with Crippen molar-refractivity contribution in [3.05, 3.63) is 4.91 Å². The van der Waals surface area contributed by atoms with Gasteiger partial charge in [-0.05, 0) is 0 Å². The van der Waals surface area contributed by atoms with Crippen LogP contribution in [0.5, 0.6) is 0 Å². The predicted octanol–water partition coefficient (Wildman–Crippen LogP) is -0.475. The molecule has 0 aliphatic carbocycles. The molecule has 0 aliphatic rings. The van der Waals surface area contributed by atoms with Crippen molar-refractivity contribution in [3.8, 4) is 0 Å². The summed E-state index contributed by atoms with van der Waals surface area (Å²) in [5.74, 6) is -0.398. The van der Waals surface area contributed by atoms with Crippen LogP contribution in [-0.4, -0.2) is 42.4 Å². The minimum absolute atomic E-state index is 0.112. The summed E-state index contributed by atoms with van der Waals surface area (Å²) >= 11 is 0. The average Bonchev–Trinajstić information content (AvgIpc) is 2.02. The van der Waals surface area contributed by atoms with Gasteiger partial charge in [-0.15, -0.1) is 4.91 Å². The Morgan fingerprint density at radius 2 is 2.25 bits per heavy atom.